The summed E-state index contributed by atoms with van der Waals surface area (Å²) in [6.45, 7) is 10.5. The Bertz CT molecular complexity index is 1560. The van der Waals surface area contributed by atoms with Gasteiger partial charge in [-0.25, -0.2) is 0 Å². The number of nitrogens with zero attached hydrogens (tertiary/aromatic N) is 2. The summed E-state index contributed by atoms with van der Waals surface area (Å²) in [7, 11) is 0. The van der Waals surface area contributed by atoms with Crippen LogP contribution in [0.15, 0.2) is 72.6 Å². The van der Waals surface area contributed by atoms with Gasteiger partial charge in [0.1, 0.15) is 18.2 Å². The van der Waals surface area contributed by atoms with E-state index in [9.17, 15) is 14.4 Å². The first kappa shape index (κ1) is 34.1. The van der Waals surface area contributed by atoms with Crippen LogP contribution in [0.2, 0.25) is 0 Å². The number of esters is 2. The highest BCUT2D eigenvalue weighted by Crippen LogP contribution is 2.66. The smallest absolute Gasteiger partial charge is 0.326 e. The second-order valence-electron chi connectivity index (χ2n) is 16.0. The first-order valence-electron chi connectivity index (χ1n) is 17.9. The minimum absolute atomic E-state index is 0.0114. The third kappa shape index (κ3) is 7.16. The Hall–Kier alpha value is -3.74. The Morgan fingerprint density at radius 3 is 2.40 bits per heavy atom. The van der Waals surface area contributed by atoms with Crippen molar-refractivity contribution in [1.82, 2.24) is 9.88 Å². The number of aromatic nitrogens is 1. The Balaban J connectivity index is 1.04. The lowest BCUT2D eigenvalue weighted by molar-refractivity contribution is -0.159. The number of rotatable bonds is 9. The third-order valence-electron chi connectivity index (χ3n) is 11.8. The number of hydrogen-bond acceptors (Lipinski definition) is 6. The van der Waals surface area contributed by atoms with Gasteiger partial charge in [-0.1, -0.05) is 68.0 Å². The molecule has 48 heavy (non-hydrogen) atoms. The van der Waals surface area contributed by atoms with Gasteiger partial charge in [0.05, 0.1) is 6.42 Å². The number of fused-ring (bicyclic) bond motifs is 5. The average Bonchev–Trinajstić information content (AvgIpc) is 3.41. The lowest BCUT2D eigenvalue weighted by Crippen LogP contribution is -2.50. The van der Waals surface area contributed by atoms with E-state index in [1.807, 2.05) is 48.8 Å². The molecular weight excluding hydrogens is 600 g/mol. The Morgan fingerprint density at radius 1 is 0.896 bits per heavy atom. The molecule has 0 bridgehead atoms. The van der Waals surface area contributed by atoms with Gasteiger partial charge in [0.2, 0.25) is 5.91 Å². The highest BCUT2D eigenvalue weighted by atomic mass is 16.6. The molecule has 0 N–H and O–H groups in total. The highest BCUT2D eigenvalue weighted by molar-refractivity contribution is 5.85. The number of amides is 1. The van der Waals surface area contributed by atoms with E-state index in [4.69, 9.17) is 9.47 Å². The van der Waals surface area contributed by atoms with Gasteiger partial charge in [-0.05, 0) is 111 Å². The SMILES string of the molecule is CC(C)(C)OC(=O)CN(Cc1ccccc1)C(=O)CCC(=O)O[C@H]1CC[C@@]2(C)C(=CC[C@H]3C4CC=C(c5cccnc5)[C@@]4(C)CC[C@@H]32)C1. The van der Waals surface area contributed by atoms with Gasteiger partial charge in [-0.3, -0.25) is 19.4 Å². The topological polar surface area (TPSA) is 85.8 Å². The number of ether oxygens (including phenoxy) is 2. The fourth-order valence-corrected chi connectivity index (χ4v) is 9.44. The van der Waals surface area contributed by atoms with E-state index >= 15 is 0 Å². The van der Waals surface area contributed by atoms with Crippen molar-refractivity contribution >= 4 is 23.4 Å². The van der Waals surface area contributed by atoms with E-state index in [0.29, 0.717) is 17.8 Å². The van der Waals surface area contributed by atoms with E-state index in [2.05, 4.69) is 37.0 Å². The third-order valence-corrected chi connectivity index (χ3v) is 11.8. The second-order valence-corrected chi connectivity index (χ2v) is 16.0. The first-order valence-corrected chi connectivity index (χ1v) is 17.9. The predicted molar refractivity (Wildman–Crippen MR) is 186 cm³/mol. The maximum absolute atomic E-state index is 13.3. The van der Waals surface area contributed by atoms with Crippen molar-refractivity contribution in [3.63, 3.8) is 0 Å². The molecule has 256 valence electrons. The molecule has 0 aliphatic heterocycles. The quantitative estimate of drug-likeness (QED) is 0.201. The first-order chi connectivity index (χ1) is 22.9. The van der Waals surface area contributed by atoms with Crippen molar-refractivity contribution in [3.05, 3.63) is 83.7 Å². The molecule has 0 spiro atoms. The molecule has 2 saturated carbocycles. The fraction of sp³-hybridized carbons (Fsp3) is 0.561. The predicted octanol–water partition coefficient (Wildman–Crippen LogP) is 8.10. The zero-order valence-electron chi connectivity index (χ0n) is 29.4. The molecule has 1 aromatic heterocycles. The molecule has 1 unspecified atom stereocenters. The summed E-state index contributed by atoms with van der Waals surface area (Å²) in [4.78, 5) is 44.9. The summed E-state index contributed by atoms with van der Waals surface area (Å²) in [5.74, 6) is 0.863. The molecule has 1 aromatic carbocycles. The van der Waals surface area contributed by atoms with Crippen molar-refractivity contribution in [2.45, 2.75) is 111 Å². The average molecular weight is 653 g/mol. The van der Waals surface area contributed by atoms with Crippen LogP contribution in [0, 0.1) is 28.6 Å². The normalized spacial score (nSPS) is 29.4. The summed E-state index contributed by atoms with van der Waals surface area (Å²) >= 11 is 0. The molecule has 1 heterocycles. The molecule has 6 rings (SSSR count). The molecule has 0 radical (unpaired) electrons. The van der Waals surface area contributed by atoms with Gasteiger partial charge in [-0.2, -0.15) is 0 Å². The molecule has 4 aliphatic carbocycles. The Labute approximate surface area is 286 Å². The van der Waals surface area contributed by atoms with Crippen LogP contribution < -0.4 is 0 Å². The van der Waals surface area contributed by atoms with Crippen LogP contribution in [0.4, 0.5) is 0 Å². The molecule has 7 heteroatoms. The lowest BCUT2D eigenvalue weighted by atomic mass is 9.47. The second kappa shape index (κ2) is 13.6. The number of hydrogen-bond donors (Lipinski definition) is 0. The zero-order valence-corrected chi connectivity index (χ0v) is 29.4. The van der Waals surface area contributed by atoms with Crippen molar-refractivity contribution < 1.29 is 23.9 Å². The van der Waals surface area contributed by atoms with Crippen molar-refractivity contribution in [2.24, 2.45) is 28.6 Å². The maximum atomic E-state index is 13.3. The van der Waals surface area contributed by atoms with Gasteiger partial charge >= 0.3 is 11.9 Å². The van der Waals surface area contributed by atoms with Crippen molar-refractivity contribution in [1.29, 1.82) is 0 Å². The molecule has 4 aliphatic rings. The van der Waals surface area contributed by atoms with Crippen LogP contribution >= 0.6 is 0 Å². The van der Waals surface area contributed by atoms with E-state index < -0.39 is 11.6 Å². The monoisotopic (exact) mass is 652 g/mol. The molecule has 2 fully saturated rings. The van der Waals surface area contributed by atoms with Gasteiger partial charge in [-0.15, -0.1) is 0 Å². The summed E-state index contributed by atoms with van der Waals surface area (Å²) < 4.78 is 11.5. The molecule has 6 atom stereocenters. The van der Waals surface area contributed by atoms with E-state index in [0.717, 1.165) is 37.7 Å². The van der Waals surface area contributed by atoms with Crippen LogP contribution in [-0.2, 0) is 30.4 Å². The van der Waals surface area contributed by atoms with Crippen LogP contribution in [0.25, 0.3) is 5.57 Å². The minimum Gasteiger partial charge on any atom is -0.462 e. The largest absolute Gasteiger partial charge is 0.462 e. The standard InChI is InChI=1S/C41H52N2O5/c1-39(2,3)48-38(46)27-43(26-28-10-7-6-8-11-28)36(44)17-18-37(45)47-31-19-21-40(4)30(24-31)13-14-32-34-16-15-33(29-12-9-23-42-25-29)41(34,5)22-20-35(32)40/h6-13,15,23,25,31-32,34-35H,14,16-22,24,26-27H2,1-5H3/t31-,32-,34?,35-,40-,41+/m0/s1. The minimum atomic E-state index is -0.651. The van der Waals surface area contributed by atoms with E-state index in [1.165, 1.54) is 34.5 Å². The number of pyridine rings is 1. The van der Waals surface area contributed by atoms with Gasteiger partial charge in [0.25, 0.3) is 0 Å². The van der Waals surface area contributed by atoms with Crippen molar-refractivity contribution in [2.75, 3.05) is 6.54 Å². The Morgan fingerprint density at radius 2 is 1.67 bits per heavy atom. The Kier molecular flexibility index (Phi) is 9.70. The molecule has 7 nitrogen and oxygen atoms in total. The number of benzene rings is 1. The lowest BCUT2D eigenvalue weighted by Gasteiger charge is -2.57. The van der Waals surface area contributed by atoms with Crippen LogP contribution in [0.5, 0.6) is 0 Å². The molecule has 0 saturated heterocycles. The van der Waals surface area contributed by atoms with Crippen molar-refractivity contribution in [3.8, 4) is 0 Å². The molecular formula is C41H52N2O5. The van der Waals surface area contributed by atoms with Gasteiger partial charge in [0.15, 0.2) is 0 Å². The van der Waals surface area contributed by atoms with Gasteiger partial charge in [0, 0.05) is 31.8 Å². The van der Waals surface area contributed by atoms with Crippen LogP contribution in [0.3, 0.4) is 0 Å². The zero-order chi connectivity index (χ0) is 34.1. The molecule has 2 aromatic rings. The van der Waals surface area contributed by atoms with Crippen LogP contribution in [0.1, 0.15) is 104 Å². The number of carbonyl (C=O) groups is 3. The summed E-state index contributed by atoms with van der Waals surface area (Å²) in [5, 5.41) is 0. The number of allylic oxidation sites excluding steroid dienone is 3. The summed E-state index contributed by atoms with van der Waals surface area (Å²) in [6, 6.07) is 13.8. The van der Waals surface area contributed by atoms with E-state index in [-0.39, 0.29) is 54.7 Å². The van der Waals surface area contributed by atoms with E-state index in [1.54, 1.807) is 20.8 Å². The number of carbonyl (C=O) groups excluding carboxylic acids is 3. The summed E-state index contributed by atoms with van der Waals surface area (Å²) in [6.07, 6.45) is 16.0. The fourth-order valence-electron chi connectivity index (χ4n) is 9.44. The highest BCUT2D eigenvalue weighted by Gasteiger charge is 2.57. The van der Waals surface area contributed by atoms with Gasteiger partial charge < -0.3 is 14.4 Å². The maximum Gasteiger partial charge on any atom is 0.326 e. The van der Waals surface area contributed by atoms with Crippen LogP contribution in [-0.4, -0.2) is 46.0 Å². The summed E-state index contributed by atoms with van der Waals surface area (Å²) in [5.41, 5.74) is 4.81. The molecule has 1 amide bonds.